The summed E-state index contributed by atoms with van der Waals surface area (Å²) in [5.74, 6) is 0. The Morgan fingerprint density at radius 1 is 1.22 bits per heavy atom. The highest BCUT2D eigenvalue weighted by Crippen LogP contribution is 2.32. The fraction of sp³-hybridized carbons (Fsp3) is 0.133. The van der Waals surface area contributed by atoms with E-state index in [-0.39, 0.29) is 10.5 Å². The van der Waals surface area contributed by atoms with Crippen LogP contribution in [0.15, 0.2) is 52.3 Å². The summed E-state index contributed by atoms with van der Waals surface area (Å²) in [7, 11) is -4.09. The Hall–Kier alpha value is -2.25. The summed E-state index contributed by atoms with van der Waals surface area (Å²) in [5.41, 5.74) is -0.395. The largest absolute Gasteiger partial charge is 0.289 e. The van der Waals surface area contributed by atoms with Crippen LogP contribution in [0.5, 0.6) is 0 Å². The normalized spacial score (nSPS) is 11.2. The van der Waals surface area contributed by atoms with Crippen LogP contribution in [0.2, 0.25) is 0 Å². The maximum atomic E-state index is 12.7. The molecule has 0 saturated heterocycles. The summed E-state index contributed by atoms with van der Waals surface area (Å²) in [6, 6.07) is 9.46. The van der Waals surface area contributed by atoms with Crippen molar-refractivity contribution in [2.24, 2.45) is 0 Å². The topological polar surface area (TPSA) is 94.3 Å². The Morgan fingerprint density at radius 3 is 2.30 bits per heavy atom. The van der Waals surface area contributed by atoms with E-state index >= 15 is 0 Å². The van der Waals surface area contributed by atoms with E-state index in [1.807, 2.05) is 0 Å². The Bertz CT molecular complexity index is 878. The lowest BCUT2D eigenvalue weighted by molar-refractivity contribution is -0.387. The number of nitro groups is 1. The van der Waals surface area contributed by atoms with Crippen molar-refractivity contribution in [1.29, 1.82) is 0 Å². The number of carbonyl (C=O) groups is 1. The van der Waals surface area contributed by atoms with E-state index in [1.54, 1.807) is 13.0 Å². The molecule has 120 valence electrons. The third-order valence-electron chi connectivity index (χ3n) is 3.32. The van der Waals surface area contributed by atoms with Gasteiger partial charge in [0.2, 0.25) is 9.84 Å². The fourth-order valence-electron chi connectivity index (χ4n) is 2.17. The molecule has 2 aromatic carbocycles. The Morgan fingerprint density at radius 2 is 1.83 bits per heavy atom. The summed E-state index contributed by atoms with van der Waals surface area (Å²) in [5, 5.41) is 10.4. The van der Waals surface area contributed by atoms with Gasteiger partial charge in [-0.05, 0) is 41.8 Å². The standard InChI is InChI=1S/C15H12ClNO5S/c1-2-10-8-14(13(17(19)20)9-12(10)15(16)18)23(21,22)11-6-4-3-5-7-11/h3-9H,2H2,1H3. The molecule has 0 amide bonds. The van der Waals surface area contributed by atoms with Crippen molar-refractivity contribution in [1.82, 2.24) is 0 Å². The van der Waals surface area contributed by atoms with Crippen LogP contribution >= 0.6 is 11.6 Å². The van der Waals surface area contributed by atoms with E-state index in [9.17, 15) is 23.3 Å². The summed E-state index contributed by atoms with van der Waals surface area (Å²) < 4.78 is 25.4. The molecule has 0 aliphatic rings. The van der Waals surface area contributed by atoms with Gasteiger partial charge in [0.25, 0.3) is 10.9 Å². The smallest absolute Gasteiger partial charge is 0.276 e. The molecule has 0 radical (unpaired) electrons. The molecule has 0 saturated carbocycles. The van der Waals surface area contributed by atoms with Crippen LogP contribution in [0.4, 0.5) is 5.69 Å². The van der Waals surface area contributed by atoms with Crippen molar-refractivity contribution >= 4 is 32.4 Å². The highest BCUT2D eigenvalue weighted by Gasteiger charge is 2.30. The van der Waals surface area contributed by atoms with Gasteiger partial charge in [0.1, 0.15) is 4.90 Å². The van der Waals surface area contributed by atoms with E-state index in [1.165, 1.54) is 24.3 Å². The molecule has 0 aliphatic carbocycles. The molecule has 0 unspecified atom stereocenters. The van der Waals surface area contributed by atoms with E-state index in [0.29, 0.717) is 12.0 Å². The number of aryl methyl sites for hydroxylation is 1. The number of halogens is 1. The fourth-order valence-corrected chi connectivity index (χ4v) is 3.82. The average Bonchev–Trinajstić information content (AvgIpc) is 2.54. The summed E-state index contributed by atoms with van der Waals surface area (Å²) in [4.78, 5) is 21.3. The van der Waals surface area contributed by atoms with E-state index in [2.05, 4.69) is 0 Å². The number of benzene rings is 2. The Balaban J connectivity index is 2.81. The molecule has 0 bridgehead atoms. The quantitative estimate of drug-likeness (QED) is 0.466. The van der Waals surface area contributed by atoms with Crippen LogP contribution < -0.4 is 0 Å². The molecule has 0 aliphatic heterocycles. The summed E-state index contributed by atoms with van der Waals surface area (Å²) >= 11 is 5.44. The van der Waals surface area contributed by atoms with Gasteiger partial charge in [-0.2, -0.15) is 0 Å². The van der Waals surface area contributed by atoms with Crippen molar-refractivity contribution in [3.05, 3.63) is 63.7 Å². The third kappa shape index (κ3) is 3.25. The average molecular weight is 354 g/mol. The van der Waals surface area contributed by atoms with Gasteiger partial charge in [0.15, 0.2) is 0 Å². The second kappa shape index (κ2) is 6.47. The lowest BCUT2D eigenvalue weighted by atomic mass is 10.1. The molecule has 0 spiro atoms. The minimum absolute atomic E-state index is 0.0601. The van der Waals surface area contributed by atoms with Gasteiger partial charge in [0.05, 0.1) is 9.82 Å². The number of nitrogens with zero attached hydrogens (tertiary/aromatic N) is 1. The first-order chi connectivity index (χ1) is 10.8. The van der Waals surface area contributed by atoms with Crippen molar-refractivity contribution in [2.45, 2.75) is 23.1 Å². The molecular formula is C15H12ClNO5S. The van der Waals surface area contributed by atoms with E-state index < -0.39 is 30.6 Å². The second-order valence-corrected chi connectivity index (χ2v) is 6.94. The van der Waals surface area contributed by atoms with Crippen LogP contribution in [0.25, 0.3) is 0 Å². The van der Waals surface area contributed by atoms with Gasteiger partial charge in [-0.25, -0.2) is 8.42 Å². The van der Waals surface area contributed by atoms with Crippen molar-refractivity contribution < 1.29 is 18.1 Å². The lowest BCUT2D eigenvalue weighted by Gasteiger charge is -2.10. The molecule has 23 heavy (non-hydrogen) atoms. The highest BCUT2D eigenvalue weighted by molar-refractivity contribution is 7.91. The maximum Gasteiger partial charge on any atom is 0.289 e. The van der Waals surface area contributed by atoms with Crippen molar-refractivity contribution in [3.63, 3.8) is 0 Å². The van der Waals surface area contributed by atoms with Crippen LogP contribution in [-0.4, -0.2) is 18.6 Å². The zero-order valence-corrected chi connectivity index (χ0v) is 13.6. The molecule has 6 nitrogen and oxygen atoms in total. The monoisotopic (exact) mass is 353 g/mol. The SMILES string of the molecule is CCc1cc(S(=O)(=O)c2ccccc2)c([N+](=O)[O-])cc1C(=O)Cl. The van der Waals surface area contributed by atoms with E-state index in [4.69, 9.17) is 11.6 Å². The molecule has 0 heterocycles. The zero-order chi connectivity index (χ0) is 17.2. The van der Waals surface area contributed by atoms with Gasteiger partial charge < -0.3 is 0 Å². The summed E-state index contributed by atoms with van der Waals surface area (Å²) in [6.45, 7) is 1.70. The summed E-state index contributed by atoms with van der Waals surface area (Å²) in [6.07, 6.45) is 0.309. The molecule has 0 fully saturated rings. The van der Waals surface area contributed by atoms with Crippen LogP contribution in [-0.2, 0) is 16.3 Å². The minimum Gasteiger partial charge on any atom is -0.276 e. The Kier molecular flexibility index (Phi) is 4.82. The third-order valence-corrected chi connectivity index (χ3v) is 5.32. The van der Waals surface area contributed by atoms with Crippen molar-refractivity contribution in [2.75, 3.05) is 0 Å². The molecular weight excluding hydrogens is 342 g/mol. The van der Waals surface area contributed by atoms with Crippen LogP contribution in [0.1, 0.15) is 22.8 Å². The molecule has 0 N–H and O–H groups in total. The van der Waals surface area contributed by atoms with Crippen LogP contribution in [0, 0.1) is 10.1 Å². The number of hydrogen-bond donors (Lipinski definition) is 0. The second-order valence-electron chi connectivity index (χ2n) is 4.68. The van der Waals surface area contributed by atoms with Crippen LogP contribution in [0.3, 0.4) is 0 Å². The first-order valence-electron chi connectivity index (χ1n) is 6.60. The highest BCUT2D eigenvalue weighted by atomic mass is 35.5. The molecule has 2 aromatic rings. The number of rotatable bonds is 5. The van der Waals surface area contributed by atoms with Crippen molar-refractivity contribution in [3.8, 4) is 0 Å². The predicted molar refractivity (Wildman–Crippen MR) is 84.6 cm³/mol. The van der Waals surface area contributed by atoms with E-state index in [0.717, 1.165) is 12.1 Å². The lowest BCUT2D eigenvalue weighted by Crippen LogP contribution is -2.09. The van der Waals surface area contributed by atoms with Gasteiger partial charge in [0, 0.05) is 11.6 Å². The molecule has 0 aromatic heterocycles. The van der Waals surface area contributed by atoms with Gasteiger partial charge in [-0.1, -0.05) is 25.1 Å². The Labute approximate surface area is 137 Å². The predicted octanol–water partition coefficient (Wildman–Crippen LogP) is 3.37. The van der Waals surface area contributed by atoms with Gasteiger partial charge >= 0.3 is 0 Å². The molecule has 2 rings (SSSR count). The molecule has 8 heteroatoms. The van der Waals surface area contributed by atoms with Gasteiger partial charge in [-0.3, -0.25) is 14.9 Å². The number of nitro benzene ring substituents is 1. The number of carbonyl (C=O) groups excluding carboxylic acids is 1. The maximum absolute atomic E-state index is 12.7. The van der Waals surface area contributed by atoms with Gasteiger partial charge in [-0.15, -0.1) is 0 Å². The first-order valence-corrected chi connectivity index (χ1v) is 8.46. The molecule has 0 atom stereocenters. The number of sulfone groups is 1. The zero-order valence-electron chi connectivity index (χ0n) is 12.0. The minimum atomic E-state index is -4.09. The number of hydrogen-bond acceptors (Lipinski definition) is 5. The first kappa shape index (κ1) is 17.1.